The largest absolute Gasteiger partial charge is 0.507 e. The number of hydrogen-bond acceptors (Lipinski definition) is 4. The summed E-state index contributed by atoms with van der Waals surface area (Å²) in [5.41, 5.74) is 0.856. The van der Waals surface area contributed by atoms with Crippen LogP contribution < -0.4 is 14.8 Å². The number of phenols is 1. The molecule has 0 bridgehead atoms. The highest BCUT2D eigenvalue weighted by atomic mass is 16.7. The van der Waals surface area contributed by atoms with Crippen LogP contribution in [0.1, 0.15) is 38.2 Å². The number of rotatable bonds is 7. The fourth-order valence-corrected chi connectivity index (χ4v) is 2.01. The lowest BCUT2D eigenvalue weighted by Gasteiger charge is -2.08. The van der Waals surface area contributed by atoms with Gasteiger partial charge in [-0.15, -0.1) is 0 Å². The van der Waals surface area contributed by atoms with Crippen LogP contribution in [0.15, 0.2) is 12.1 Å². The first-order valence-electron chi connectivity index (χ1n) is 6.63. The zero-order valence-corrected chi connectivity index (χ0v) is 10.9. The Morgan fingerprint density at radius 2 is 1.94 bits per heavy atom. The fraction of sp³-hybridized carbons (Fsp3) is 0.571. The normalized spacial score (nSPS) is 12.9. The highest BCUT2D eigenvalue weighted by Crippen LogP contribution is 2.37. The second kappa shape index (κ2) is 6.50. The van der Waals surface area contributed by atoms with Crippen molar-refractivity contribution in [3.63, 3.8) is 0 Å². The zero-order chi connectivity index (χ0) is 12.8. The molecule has 0 aromatic heterocycles. The first-order valence-corrected chi connectivity index (χ1v) is 6.63. The third-order valence-electron chi connectivity index (χ3n) is 3.10. The van der Waals surface area contributed by atoms with Gasteiger partial charge in [-0.05, 0) is 19.0 Å². The first-order chi connectivity index (χ1) is 8.81. The van der Waals surface area contributed by atoms with Crippen LogP contribution >= 0.6 is 0 Å². The van der Waals surface area contributed by atoms with Gasteiger partial charge in [-0.1, -0.05) is 26.2 Å². The van der Waals surface area contributed by atoms with E-state index >= 15 is 0 Å². The molecular weight excluding hydrogens is 230 g/mol. The third-order valence-corrected chi connectivity index (χ3v) is 3.10. The third kappa shape index (κ3) is 3.29. The smallest absolute Gasteiger partial charge is 0.231 e. The average Bonchev–Trinajstić information content (AvgIpc) is 2.80. The minimum absolute atomic E-state index is 0.239. The van der Waals surface area contributed by atoms with E-state index in [9.17, 15) is 5.11 Å². The van der Waals surface area contributed by atoms with Crippen LogP contribution in [0.5, 0.6) is 17.2 Å². The van der Waals surface area contributed by atoms with Crippen molar-refractivity contribution in [1.29, 1.82) is 0 Å². The van der Waals surface area contributed by atoms with Crippen LogP contribution in [-0.4, -0.2) is 18.4 Å². The van der Waals surface area contributed by atoms with Gasteiger partial charge >= 0.3 is 0 Å². The number of unbranched alkanes of at least 4 members (excludes halogenated alkanes) is 3. The molecule has 4 heteroatoms. The summed E-state index contributed by atoms with van der Waals surface area (Å²) < 4.78 is 10.5. The van der Waals surface area contributed by atoms with E-state index < -0.39 is 0 Å². The SMILES string of the molecule is CCCCCCNCc1cc2c(cc1O)OCO2. The van der Waals surface area contributed by atoms with Gasteiger partial charge in [-0.2, -0.15) is 0 Å². The molecule has 0 spiro atoms. The molecule has 0 saturated carbocycles. The summed E-state index contributed by atoms with van der Waals surface area (Å²) in [4.78, 5) is 0. The lowest BCUT2D eigenvalue weighted by atomic mass is 10.1. The van der Waals surface area contributed by atoms with Crippen LogP contribution in [0.25, 0.3) is 0 Å². The van der Waals surface area contributed by atoms with Gasteiger partial charge in [0.25, 0.3) is 0 Å². The number of phenolic OH excluding ortho intramolecular Hbond substituents is 1. The Labute approximate surface area is 108 Å². The number of aromatic hydroxyl groups is 1. The molecule has 1 heterocycles. The highest BCUT2D eigenvalue weighted by Gasteiger charge is 2.16. The molecule has 0 amide bonds. The van der Waals surface area contributed by atoms with E-state index in [1.54, 1.807) is 6.07 Å². The van der Waals surface area contributed by atoms with Crippen LogP contribution in [-0.2, 0) is 6.54 Å². The Kier molecular flexibility index (Phi) is 4.70. The van der Waals surface area contributed by atoms with E-state index in [-0.39, 0.29) is 12.5 Å². The molecule has 100 valence electrons. The van der Waals surface area contributed by atoms with E-state index in [0.717, 1.165) is 17.9 Å². The van der Waals surface area contributed by atoms with Crippen LogP contribution in [0.2, 0.25) is 0 Å². The fourth-order valence-electron chi connectivity index (χ4n) is 2.01. The summed E-state index contributed by atoms with van der Waals surface area (Å²) in [6.07, 6.45) is 4.98. The Bertz CT molecular complexity index is 393. The summed E-state index contributed by atoms with van der Waals surface area (Å²) in [6.45, 7) is 4.09. The van der Waals surface area contributed by atoms with Gasteiger partial charge in [0, 0.05) is 18.2 Å². The van der Waals surface area contributed by atoms with E-state index in [4.69, 9.17) is 9.47 Å². The van der Waals surface area contributed by atoms with Crippen molar-refractivity contribution >= 4 is 0 Å². The molecule has 1 aliphatic heterocycles. The van der Waals surface area contributed by atoms with E-state index in [2.05, 4.69) is 12.2 Å². The maximum atomic E-state index is 9.84. The number of benzene rings is 1. The molecule has 0 unspecified atom stereocenters. The summed E-state index contributed by atoms with van der Waals surface area (Å²) in [7, 11) is 0. The van der Waals surface area contributed by atoms with Gasteiger partial charge in [0.05, 0.1) is 0 Å². The Balaban J connectivity index is 1.79. The molecule has 2 N–H and O–H groups in total. The molecule has 0 fully saturated rings. The first kappa shape index (κ1) is 13.0. The maximum absolute atomic E-state index is 9.84. The number of hydrogen-bond donors (Lipinski definition) is 2. The predicted octanol–water partition coefficient (Wildman–Crippen LogP) is 2.79. The van der Waals surface area contributed by atoms with Gasteiger partial charge < -0.3 is 19.9 Å². The van der Waals surface area contributed by atoms with Crippen molar-refractivity contribution in [3.05, 3.63) is 17.7 Å². The van der Waals surface area contributed by atoms with Crippen molar-refractivity contribution in [1.82, 2.24) is 5.32 Å². The van der Waals surface area contributed by atoms with Crippen molar-refractivity contribution in [3.8, 4) is 17.2 Å². The Morgan fingerprint density at radius 3 is 2.72 bits per heavy atom. The summed E-state index contributed by atoms with van der Waals surface area (Å²) >= 11 is 0. The Hall–Kier alpha value is -1.42. The molecule has 4 nitrogen and oxygen atoms in total. The minimum Gasteiger partial charge on any atom is -0.507 e. The molecule has 1 aromatic carbocycles. The van der Waals surface area contributed by atoms with E-state index in [1.165, 1.54) is 25.7 Å². The minimum atomic E-state index is 0.239. The molecule has 18 heavy (non-hydrogen) atoms. The van der Waals surface area contributed by atoms with Gasteiger partial charge in [0.15, 0.2) is 11.5 Å². The van der Waals surface area contributed by atoms with Crippen molar-refractivity contribution in [2.24, 2.45) is 0 Å². The quantitative estimate of drug-likeness (QED) is 0.732. The topological polar surface area (TPSA) is 50.7 Å². The van der Waals surface area contributed by atoms with Gasteiger partial charge in [-0.25, -0.2) is 0 Å². The molecule has 2 rings (SSSR count). The van der Waals surface area contributed by atoms with Crippen molar-refractivity contribution in [2.45, 2.75) is 39.2 Å². The standard InChI is InChI=1S/C14H21NO3/c1-2-3-4-5-6-15-9-11-7-13-14(8-12(11)16)18-10-17-13/h7-8,15-16H,2-6,9-10H2,1H3. The lowest BCUT2D eigenvalue weighted by Crippen LogP contribution is -2.14. The average molecular weight is 251 g/mol. The molecule has 0 atom stereocenters. The number of ether oxygens (including phenoxy) is 2. The molecule has 0 aliphatic carbocycles. The lowest BCUT2D eigenvalue weighted by molar-refractivity contribution is 0.174. The molecule has 0 saturated heterocycles. The highest BCUT2D eigenvalue weighted by molar-refractivity contribution is 5.51. The van der Waals surface area contributed by atoms with Gasteiger partial charge in [0.1, 0.15) is 5.75 Å². The molecular formula is C14H21NO3. The van der Waals surface area contributed by atoms with Crippen molar-refractivity contribution in [2.75, 3.05) is 13.3 Å². The van der Waals surface area contributed by atoms with Crippen LogP contribution in [0.3, 0.4) is 0 Å². The van der Waals surface area contributed by atoms with Crippen LogP contribution in [0, 0.1) is 0 Å². The predicted molar refractivity (Wildman–Crippen MR) is 70.1 cm³/mol. The molecule has 1 aromatic rings. The second-order valence-corrected chi connectivity index (χ2v) is 4.57. The van der Waals surface area contributed by atoms with Crippen molar-refractivity contribution < 1.29 is 14.6 Å². The summed E-state index contributed by atoms with van der Waals surface area (Å²) in [5, 5.41) is 13.2. The van der Waals surface area contributed by atoms with Gasteiger partial charge in [-0.3, -0.25) is 0 Å². The van der Waals surface area contributed by atoms with E-state index in [0.29, 0.717) is 12.3 Å². The number of nitrogens with one attached hydrogen (secondary N) is 1. The maximum Gasteiger partial charge on any atom is 0.231 e. The zero-order valence-electron chi connectivity index (χ0n) is 10.9. The monoisotopic (exact) mass is 251 g/mol. The van der Waals surface area contributed by atoms with E-state index in [1.807, 2.05) is 6.07 Å². The molecule has 1 aliphatic rings. The summed E-state index contributed by atoms with van der Waals surface area (Å²) in [6, 6.07) is 3.47. The Morgan fingerprint density at radius 1 is 1.17 bits per heavy atom. The van der Waals surface area contributed by atoms with Gasteiger partial charge in [0.2, 0.25) is 6.79 Å². The molecule has 0 radical (unpaired) electrons. The summed E-state index contributed by atoms with van der Waals surface area (Å²) in [5.74, 6) is 1.61. The van der Waals surface area contributed by atoms with Crippen LogP contribution in [0.4, 0.5) is 0 Å². The second-order valence-electron chi connectivity index (χ2n) is 4.57. The number of fused-ring (bicyclic) bond motifs is 1.